The van der Waals surface area contributed by atoms with Crippen LogP contribution in [0.25, 0.3) is 0 Å². The summed E-state index contributed by atoms with van der Waals surface area (Å²) in [5.74, 6) is -0.299. The Labute approximate surface area is 148 Å². The smallest absolute Gasteiger partial charge is 0.348 e. The maximum Gasteiger partial charge on any atom is 0.348 e. The molecule has 2 rings (SSSR count). The molecule has 0 fully saturated rings. The van der Waals surface area contributed by atoms with Gasteiger partial charge in [0.05, 0.1) is 17.4 Å². The van der Waals surface area contributed by atoms with Crippen molar-refractivity contribution >= 4 is 40.0 Å². The highest BCUT2D eigenvalue weighted by Gasteiger charge is 2.16. The molecule has 0 radical (unpaired) electrons. The van der Waals surface area contributed by atoms with E-state index in [9.17, 15) is 9.59 Å². The fourth-order valence-corrected chi connectivity index (χ4v) is 3.76. The highest BCUT2D eigenvalue weighted by Crippen LogP contribution is 2.28. The Morgan fingerprint density at radius 2 is 2.21 bits per heavy atom. The average Bonchev–Trinajstić information content (AvgIpc) is 3.12. The number of hydrogen-bond donors (Lipinski definition) is 1. The number of hydrogen-bond acceptors (Lipinski definition) is 7. The number of nitrogens with one attached hydrogen (secondary N) is 1. The van der Waals surface area contributed by atoms with Crippen LogP contribution in [-0.2, 0) is 9.53 Å². The summed E-state index contributed by atoms with van der Waals surface area (Å²) in [4.78, 5) is 24.4. The number of nitrogens with zero attached hydrogens (tertiary/aromatic N) is 3. The van der Waals surface area contributed by atoms with Gasteiger partial charge in [0.25, 0.3) is 0 Å². The molecule has 0 saturated heterocycles. The first-order valence-electron chi connectivity index (χ1n) is 7.52. The van der Waals surface area contributed by atoms with Crippen LogP contribution in [0.5, 0.6) is 0 Å². The van der Waals surface area contributed by atoms with Gasteiger partial charge in [0.1, 0.15) is 11.2 Å². The van der Waals surface area contributed by atoms with Crippen LogP contribution in [0, 0.1) is 6.92 Å². The standard InChI is InChI=1S/C15H20N4O3S2/c1-5-22-14(21)13-10(4)6-12(24-13)17-11(20)7-23-15-18-16-8-19(15)9(2)3/h6,8-9H,5,7H2,1-4H3,(H,17,20). The van der Waals surface area contributed by atoms with Crippen molar-refractivity contribution in [2.45, 2.75) is 38.9 Å². The largest absolute Gasteiger partial charge is 0.462 e. The lowest BCUT2D eigenvalue weighted by atomic mass is 10.3. The number of rotatable bonds is 7. The summed E-state index contributed by atoms with van der Waals surface area (Å²) in [5, 5.41) is 12.0. The van der Waals surface area contributed by atoms with Gasteiger partial charge in [-0.15, -0.1) is 21.5 Å². The van der Waals surface area contributed by atoms with Crippen LogP contribution < -0.4 is 5.32 Å². The van der Waals surface area contributed by atoms with Crippen LogP contribution in [0.15, 0.2) is 17.6 Å². The topological polar surface area (TPSA) is 86.1 Å². The normalized spacial score (nSPS) is 10.9. The van der Waals surface area contributed by atoms with Crippen LogP contribution in [0.3, 0.4) is 0 Å². The van der Waals surface area contributed by atoms with Crippen LogP contribution >= 0.6 is 23.1 Å². The highest BCUT2D eigenvalue weighted by atomic mass is 32.2. The minimum absolute atomic E-state index is 0.157. The molecule has 0 saturated carbocycles. The number of anilines is 1. The average molecular weight is 368 g/mol. The summed E-state index contributed by atoms with van der Waals surface area (Å²) in [6, 6.07) is 2.01. The molecule has 1 amide bonds. The summed E-state index contributed by atoms with van der Waals surface area (Å²) in [5.41, 5.74) is 0.793. The Morgan fingerprint density at radius 1 is 1.46 bits per heavy atom. The molecular weight excluding hydrogens is 348 g/mol. The number of aromatic nitrogens is 3. The summed E-state index contributed by atoms with van der Waals surface area (Å²) in [6.45, 7) is 7.96. The SMILES string of the molecule is CCOC(=O)c1sc(NC(=O)CSc2nncn2C(C)C)cc1C. The van der Waals surface area contributed by atoms with Gasteiger partial charge in [0.2, 0.25) is 5.91 Å². The molecule has 0 aliphatic heterocycles. The lowest BCUT2D eigenvalue weighted by Crippen LogP contribution is -2.14. The van der Waals surface area contributed by atoms with Gasteiger partial charge >= 0.3 is 5.97 Å². The van der Waals surface area contributed by atoms with Gasteiger partial charge < -0.3 is 14.6 Å². The predicted octanol–water partition coefficient (Wildman–Crippen LogP) is 3.14. The van der Waals surface area contributed by atoms with Gasteiger partial charge in [-0.2, -0.15) is 0 Å². The molecule has 2 aromatic heterocycles. The van der Waals surface area contributed by atoms with Gasteiger partial charge in [-0.25, -0.2) is 4.79 Å². The van der Waals surface area contributed by atoms with E-state index in [1.54, 1.807) is 19.3 Å². The first kappa shape index (κ1) is 18.5. The van der Waals surface area contributed by atoms with Crippen molar-refractivity contribution < 1.29 is 14.3 Å². The quantitative estimate of drug-likeness (QED) is 0.597. The number of carbonyl (C=O) groups excluding carboxylic acids is 2. The summed E-state index contributed by atoms with van der Waals surface area (Å²) < 4.78 is 6.90. The number of thiophene rings is 1. The molecule has 130 valence electrons. The molecule has 0 aliphatic carbocycles. The molecule has 2 aromatic rings. The molecule has 0 spiro atoms. The van der Waals surface area contributed by atoms with Crippen molar-refractivity contribution in [3.8, 4) is 0 Å². The first-order valence-corrected chi connectivity index (χ1v) is 9.32. The van der Waals surface area contributed by atoms with Crippen molar-refractivity contribution in [3.63, 3.8) is 0 Å². The Hall–Kier alpha value is -1.87. The fourth-order valence-electron chi connectivity index (χ4n) is 1.94. The second kappa shape index (κ2) is 8.29. The van der Waals surface area contributed by atoms with Gasteiger partial charge in [-0.05, 0) is 39.3 Å². The van der Waals surface area contributed by atoms with Crippen molar-refractivity contribution in [2.75, 3.05) is 17.7 Å². The van der Waals surface area contributed by atoms with E-state index in [-0.39, 0.29) is 23.7 Å². The summed E-state index contributed by atoms with van der Waals surface area (Å²) in [6.07, 6.45) is 1.65. The molecule has 7 nitrogen and oxygen atoms in total. The maximum atomic E-state index is 12.1. The lowest BCUT2D eigenvalue weighted by molar-refractivity contribution is -0.113. The van der Waals surface area contributed by atoms with Crippen molar-refractivity contribution in [1.29, 1.82) is 0 Å². The van der Waals surface area contributed by atoms with E-state index in [2.05, 4.69) is 15.5 Å². The predicted molar refractivity (Wildman–Crippen MR) is 94.8 cm³/mol. The number of thioether (sulfide) groups is 1. The molecule has 0 bridgehead atoms. The number of esters is 1. The summed E-state index contributed by atoms with van der Waals surface area (Å²) in [7, 11) is 0. The Kier molecular flexibility index (Phi) is 6.38. The van der Waals surface area contributed by atoms with Gasteiger partial charge in [-0.1, -0.05) is 11.8 Å². The number of carbonyl (C=O) groups is 2. The third-order valence-electron chi connectivity index (χ3n) is 3.07. The fraction of sp³-hybridized carbons (Fsp3) is 0.467. The molecule has 2 heterocycles. The molecule has 0 aromatic carbocycles. The van der Waals surface area contributed by atoms with Crippen LogP contribution in [0.2, 0.25) is 0 Å². The van der Waals surface area contributed by atoms with Crippen molar-refractivity contribution in [2.24, 2.45) is 0 Å². The Bertz CT molecular complexity index is 724. The number of ether oxygens (including phenoxy) is 1. The van der Waals surface area contributed by atoms with Crippen LogP contribution in [0.1, 0.15) is 42.0 Å². The second-order valence-electron chi connectivity index (χ2n) is 5.29. The molecular formula is C15H20N4O3S2. The third kappa shape index (κ3) is 4.57. The van der Waals surface area contributed by atoms with E-state index in [4.69, 9.17) is 4.74 Å². The first-order chi connectivity index (χ1) is 11.4. The highest BCUT2D eigenvalue weighted by molar-refractivity contribution is 7.99. The van der Waals surface area contributed by atoms with E-state index in [1.165, 1.54) is 23.1 Å². The minimum atomic E-state index is -0.361. The monoisotopic (exact) mass is 368 g/mol. The van der Waals surface area contributed by atoms with E-state index >= 15 is 0 Å². The molecule has 24 heavy (non-hydrogen) atoms. The Morgan fingerprint density at radius 3 is 2.88 bits per heavy atom. The van der Waals surface area contributed by atoms with Crippen molar-refractivity contribution in [3.05, 3.63) is 22.8 Å². The van der Waals surface area contributed by atoms with Gasteiger partial charge in [-0.3, -0.25) is 4.79 Å². The van der Waals surface area contributed by atoms with E-state index < -0.39 is 0 Å². The number of amides is 1. The molecule has 0 unspecified atom stereocenters. The van der Waals surface area contributed by atoms with Crippen molar-refractivity contribution in [1.82, 2.24) is 14.8 Å². The van der Waals surface area contributed by atoms with Gasteiger partial charge in [0, 0.05) is 6.04 Å². The second-order valence-corrected chi connectivity index (χ2v) is 7.29. The van der Waals surface area contributed by atoms with E-state index in [0.717, 1.165) is 5.56 Å². The minimum Gasteiger partial charge on any atom is -0.462 e. The van der Waals surface area contributed by atoms with E-state index in [1.807, 2.05) is 25.3 Å². The molecule has 1 N–H and O–H groups in total. The number of aryl methyl sites for hydroxylation is 1. The zero-order valence-electron chi connectivity index (χ0n) is 14.0. The van der Waals surface area contributed by atoms with Gasteiger partial charge in [0.15, 0.2) is 5.16 Å². The summed E-state index contributed by atoms with van der Waals surface area (Å²) >= 11 is 2.54. The molecule has 0 atom stereocenters. The third-order valence-corrected chi connectivity index (χ3v) is 5.16. The zero-order valence-corrected chi connectivity index (χ0v) is 15.7. The zero-order chi connectivity index (χ0) is 17.7. The van der Waals surface area contributed by atoms with Crippen LogP contribution in [0.4, 0.5) is 5.00 Å². The van der Waals surface area contributed by atoms with Crippen LogP contribution in [-0.4, -0.2) is 39.0 Å². The Balaban J connectivity index is 1.94. The molecule has 9 heteroatoms. The maximum absolute atomic E-state index is 12.1. The molecule has 0 aliphatic rings. The van der Waals surface area contributed by atoms with E-state index in [0.29, 0.717) is 21.6 Å². The lowest BCUT2D eigenvalue weighted by Gasteiger charge is -2.09.